The van der Waals surface area contributed by atoms with Gasteiger partial charge in [-0.05, 0) is 38.5 Å². The van der Waals surface area contributed by atoms with E-state index in [0.29, 0.717) is 16.4 Å². The third-order valence-corrected chi connectivity index (χ3v) is 4.50. The molecule has 0 spiro atoms. The molecular weight excluding hydrogens is 364 g/mol. The standard InChI is InChI=1S/C20H19ClN4O2/c1-12-4-7-15(8-5-12)18-11-22-25(20(27)24-18)14(3)19(26)23-17-10-16(21)9-6-13(17)2/h4-11,14H,1-3H3,(H,23,26). The van der Waals surface area contributed by atoms with Gasteiger partial charge in [0.15, 0.2) is 0 Å². The minimum absolute atomic E-state index is 0.375. The van der Waals surface area contributed by atoms with E-state index in [0.717, 1.165) is 21.4 Å². The highest BCUT2D eigenvalue weighted by molar-refractivity contribution is 6.31. The second kappa shape index (κ2) is 7.72. The number of carbonyl (C=O) groups excluding carboxylic acids is 1. The van der Waals surface area contributed by atoms with Crippen LogP contribution in [0.25, 0.3) is 11.3 Å². The van der Waals surface area contributed by atoms with E-state index in [2.05, 4.69) is 15.4 Å². The van der Waals surface area contributed by atoms with Crippen molar-refractivity contribution in [1.29, 1.82) is 0 Å². The molecule has 7 heteroatoms. The van der Waals surface area contributed by atoms with Crippen LogP contribution in [0.15, 0.2) is 53.5 Å². The van der Waals surface area contributed by atoms with E-state index in [1.54, 1.807) is 19.1 Å². The summed E-state index contributed by atoms with van der Waals surface area (Å²) < 4.78 is 1.06. The summed E-state index contributed by atoms with van der Waals surface area (Å²) in [5.74, 6) is -0.375. The number of nitrogens with zero attached hydrogens (tertiary/aromatic N) is 3. The number of benzene rings is 2. The molecule has 0 fully saturated rings. The van der Waals surface area contributed by atoms with Crippen molar-refractivity contribution in [2.24, 2.45) is 0 Å². The number of aromatic nitrogens is 3. The van der Waals surface area contributed by atoms with Gasteiger partial charge in [-0.2, -0.15) is 10.1 Å². The molecule has 0 saturated heterocycles. The van der Waals surface area contributed by atoms with E-state index in [-0.39, 0.29) is 5.91 Å². The molecular formula is C20H19ClN4O2. The van der Waals surface area contributed by atoms with Crippen molar-refractivity contribution in [2.45, 2.75) is 26.8 Å². The molecule has 1 amide bonds. The average molecular weight is 383 g/mol. The van der Waals surface area contributed by atoms with Crippen LogP contribution < -0.4 is 11.0 Å². The maximum absolute atomic E-state index is 12.5. The van der Waals surface area contributed by atoms with Crippen LogP contribution in [0.3, 0.4) is 0 Å². The highest BCUT2D eigenvalue weighted by Gasteiger charge is 2.19. The van der Waals surface area contributed by atoms with E-state index in [1.807, 2.05) is 44.2 Å². The highest BCUT2D eigenvalue weighted by Crippen LogP contribution is 2.21. The Morgan fingerprint density at radius 1 is 1.15 bits per heavy atom. The lowest BCUT2D eigenvalue weighted by Crippen LogP contribution is -2.35. The molecule has 1 heterocycles. The summed E-state index contributed by atoms with van der Waals surface area (Å²) >= 11 is 5.98. The first-order chi connectivity index (χ1) is 12.8. The zero-order valence-corrected chi connectivity index (χ0v) is 16.0. The zero-order valence-electron chi connectivity index (χ0n) is 15.2. The summed E-state index contributed by atoms with van der Waals surface area (Å²) in [6.45, 7) is 5.44. The summed E-state index contributed by atoms with van der Waals surface area (Å²) in [6.07, 6.45) is 1.49. The molecule has 6 nitrogen and oxygen atoms in total. The van der Waals surface area contributed by atoms with E-state index in [1.165, 1.54) is 6.20 Å². The Labute approximate surface area is 161 Å². The van der Waals surface area contributed by atoms with E-state index in [9.17, 15) is 9.59 Å². The van der Waals surface area contributed by atoms with Crippen LogP contribution >= 0.6 is 11.6 Å². The number of carbonyl (C=O) groups is 1. The first kappa shape index (κ1) is 18.8. The molecule has 0 aliphatic carbocycles. The van der Waals surface area contributed by atoms with Crippen molar-refractivity contribution in [3.05, 3.63) is 75.3 Å². The largest absolute Gasteiger partial charge is 0.365 e. The SMILES string of the molecule is Cc1ccc(-c2cnn(C(C)C(=O)Nc3cc(Cl)ccc3C)c(=O)n2)cc1. The van der Waals surface area contributed by atoms with Crippen molar-refractivity contribution < 1.29 is 4.79 Å². The smallest absolute Gasteiger partial charge is 0.324 e. The molecule has 0 bridgehead atoms. The zero-order chi connectivity index (χ0) is 19.6. The Morgan fingerprint density at radius 2 is 1.85 bits per heavy atom. The maximum atomic E-state index is 12.5. The third kappa shape index (κ3) is 4.23. The predicted octanol–water partition coefficient (Wildman–Crippen LogP) is 3.78. The van der Waals surface area contributed by atoms with Crippen LogP contribution in [0.1, 0.15) is 24.1 Å². The maximum Gasteiger partial charge on any atom is 0.365 e. The van der Waals surface area contributed by atoms with Crippen LogP contribution in [0.5, 0.6) is 0 Å². The van der Waals surface area contributed by atoms with Crippen molar-refractivity contribution in [3.8, 4) is 11.3 Å². The second-order valence-electron chi connectivity index (χ2n) is 6.36. The minimum Gasteiger partial charge on any atom is -0.324 e. The minimum atomic E-state index is -0.824. The number of hydrogen-bond acceptors (Lipinski definition) is 4. The number of anilines is 1. The summed E-state index contributed by atoms with van der Waals surface area (Å²) in [7, 11) is 0. The quantitative estimate of drug-likeness (QED) is 0.745. The summed E-state index contributed by atoms with van der Waals surface area (Å²) in [5, 5.41) is 7.43. The molecule has 3 aromatic rings. The first-order valence-corrected chi connectivity index (χ1v) is 8.83. The summed E-state index contributed by atoms with van der Waals surface area (Å²) in [4.78, 5) is 29.0. The first-order valence-electron chi connectivity index (χ1n) is 8.45. The normalized spacial score (nSPS) is 11.9. The van der Waals surface area contributed by atoms with Crippen LogP contribution in [-0.4, -0.2) is 20.7 Å². The lowest BCUT2D eigenvalue weighted by atomic mass is 10.1. The number of nitrogens with one attached hydrogen (secondary N) is 1. The fourth-order valence-electron chi connectivity index (χ4n) is 2.56. The monoisotopic (exact) mass is 382 g/mol. The average Bonchev–Trinajstić information content (AvgIpc) is 2.64. The Bertz CT molecular complexity index is 1040. The Balaban J connectivity index is 1.83. The molecule has 3 rings (SSSR count). The molecule has 27 heavy (non-hydrogen) atoms. The van der Waals surface area contributed by atoms with Crippen LogP contribution in [0, 0.1) is 13.8 Å². The van der Waals surface area contributed by atoms with Gasteiger partial charge in [0.2, 0.25) is 5.91 Å². The van der Waals surface area contributed by atoms with Gasteiger partial charge in [-0.25, -0.2) is 9.48 Å². The number of halogens is 1. The molecule has 0 aliphatic heterocycles. The number of rotatable bonds is 4. The van der Waals surface area contributed by atoms with Gasteiger partial charge >= 0.3 is 5.69 Å². The van der Waals surface area contributed by atoms with Gasteiger partial charge in [-0.3, -0.25) is 4.79 Å². The van der Waals surface area contributed by atoms with Gasteiger partial charge in [-0.15, -0.1) is 0 Å². The topological polar surface area (TPSA) is 76.9 Å². The number of aryl methyl sites for hydroxylation is 2. The highest BCUT2D eigenvalue weighted by atomic mass is 35.5. The van der Waals surface area contributed by atoms with Crippen molar-refractivity contribution in [2.75, 3.05) is 5.32 Å². The van der Waals surface area contributed by atoms with Crippen LogP contribution in [0.4, 0.5) is 5.69 Å². The molecule has 2 aromatic carbocycles. The Kier molecular flexibility index (Phi) is 5.37. The van der Waals surface area contributed by atoms with Gasteiger partial charge < -0.3 is 5.32 Å². The van der Waals surface area contributed by atoms with Crippen LogP contribution in [0.2, 0.25) is 5.02 Å². The lowest BCUT2D eigenvalue weighted by molar-refractivity contribution is -0.119. The van der Waals surface area contributed by atoms with Gasteiger partial charge in [0.25, 0.3) is 0 Å². The van der Waals surface area contributed by atoms with Gasteiger partial charge in [0.1, 0.15) is 6.04 Å². The van der Waals surface area contributed by atoms with Crippen molar-refractivity contribution in [3.63, 3.8) is 0 Å². The second-order valence-corrected chi connectivity index (χ2v) is 6.80. The van der Waals surface area contributed by atoms with Gasteiger partial charge in [0.05, 0.1) is 11.9 Å². The third-order valence-electron chi connectivity index (χ3n) is 4.27. The Morgan fingerprint density at radius 3 is 2.52 bits per heavy atom. The number of amides is 1. The summed E-state index contributed by atoms with van der Waals surface area (Å²) in [6, 6.07) is 12.0. The molecule has 138 valence electrons. The molecule has 0 saturated carbocycles. The molecule has 1 aromatic heterocycles. The molecule has 0 aliphatic rings. The van der Waals surface area contributed by atoms with E-state index < -0.39 is 11.7 Å². The molecule has 1 atom stereocenters. The fraction of sp³-hybridized carbons (Fsp3) is 0.200. The van der Waals surface area contributed by atoms with Crippen LogP contribution in [-0.2, 0) is 4.79 Å². The predicted molar refractivity (Wildman–Crippen MR) is 106 cm³/mol. The van der Waals surface area contributed by atoms with E-state index in [4.69, 9.17) is 11.6 Å². The molecule has 1 unspecified atom stereocenters. The molecule has 0 radical (unpaired) electrons. The van der Waals surface area contributed by atoms with Crippen molar-refractivity contribution >= 4 is 23.2 Å². The lowest BCUT2D eigenvalue weighted by Gasteiger charge is -2.15. The number of hydrogen-bond donors (Lipinski definition) is 1. The fourth-order valence-corrected chi connectivity index (χ4v) is 2.73. The van der Waals surface area contributed by atoms with Gasteiger partial charge in [-0.1, -0.05) is 47.5 Å². The summed E-state index contributed by atoms with van der Waals surface area (Å²) in [5.41, 5.74) is 3.25. The van der Waals surface area contributed by atoms with E-state index >= 15 is 0 Å². The Hall–Kier alpha value is -2.99. The molecule has 1 N–H and O–H groups in total. The van der Waals surface area contributed by atoms with Crippen molar-refractivity contribution in [1.82, 2.24) is 14.8 Å². The van der Waals surface area contributed by atoms with Gasteiger partial charge in [0, 0.05) is 16.3 Å².